The van der Waals surface area contributed by atoms with E-state index < -0.39 is 11.6 Å². The summed E-state index contributed by atoms with van der Waals surface area (Å²) in [5.74, 6) is 0.00975. The highest BCUT2D eigenvalue weighted by Crippen LogP contribution is 2.39. The first-order valence-corrected chi connectivity index (χ1v) is 4.93. The van der Waals surface area contributed by atoms with Crippen LogP contribution >= 0.6 is 0 Å². The van der Waals surface area contributed by atoms with Crippen molar-refractivity contribution in [3.8, 4) is 0 Å². The Kier molecular flexibility index (Phi) is 2.18. The Balaban J connectivity index is 2.49. The van der Waals surface area contributed by atoms with Crippen molar-refractivity contribution in [2.75, 3.05) is 0 Å². The summed E-state index contributed by atoms with van der Waals surface area (Å²) in [5, 5.41) is 18.6. The van der Waals surface area contributed by atoms with E-state index in [0.717, 1.165) is 0 Å². The average Bonchev–Trinajstić information content (AvgIpc) is 2.57. The van der Waals surface area contributed by atoms with Gasteiger partial charge in [-0.3, -0.25) is 15.5 Å². The van der Waals surface area contributed by atoms with E-state index in [0.29, 0.717) is 11.1 Å². The Morgan fingerprint density at radius 2 is 2.06 bits per heavy atom. The minimum Gasteiger partial charge on any atom is -0.462 e. The van der Waals surface area contributed by atoms with Crippen molar-refractivity contribution >= 4 is 5.90 Å². The summed E-state index contributed by atoms with van der Waals surface area (Å²) in [6.07, 6.45) is -0.689. The third-order valence-electron chi connectivity index (χ3n) is 2.84. The molecule has 84 valence electrons. The summed E-state index contributed by atoms with van der Waals surface area (Å²) in [4.78, 5) is 10.6. The summed E-state index contributed by atoms with van der Waals surface area (Å²) >= 11 is 0. The zero-order valence-corrected chi connectivity index (χ0v) is 9.06. The fraction of sp³-hybridized carbons (Fsp3) is 0.364. The molecule has 1 unspecified atom stereocenters. The molecule has 5 heteroatoms. The first-order valence-electron chi connectivity index (χ1n) is 4.93. The third kappa shape index (κ3) is 1.36. The lowest BCUT2D eigenvalue weighted by atomic mass is 9.91. The smallest absolute Gasteiger partial charge is 0.257 e. The normalized spacial score (nSPS) is 19.1. The molecule has 0 fully saturated rings. The molecule has 2 rings (SSSR count). The number of nitrogens with one attached hydrogen (secondary N) is 1. The van der Waals surface area contributed by atoms with Crippen LogP contribution in [0.15, 0.2) is 24.3 Å². The Morgan fingerprint density at radius 3 is 2.69 bits per heavy atom. The molecule has 1 aromatic carbocycles. The lowest BCUT2D eigenvalue weighted by Gasteiger charge is -2.22. The van der Waals surface area contributed by atoms with Crippen LogP contribution in [0.2, 0.25) is 0 Å². The van der Waals surface area contributed by atoms with Crippen LogP contribution in [-0.2, 0) is 4.74 Å². The molecule has 0 saturated carbocycles. The zero-order valence-electron chi connectivity index (χ0n) is 9.06. The van der Waals surface area contributed by atoms with Crippen LogP contribution in [0, 0.1) is 15.5 Å². The van der Waals surface area contributed by atoms with E-state index in [4.69, 9.17) is 10.1 Å². The lowest BCUT2D eigenvalue weighted by Crippen LogP contribution is -2.38. The maximum atomic E-state index is 11.0. The SMILES string of the molecule is CC(C)(C1OC(=N)c2ccccc21)[N+](=O)[O-]. The van der Waals surface area contributed by atoms with Gasteiger partial charge in [0.2, 0.25) is 5.90 Å². The van der Waals surface area contributed by atoms with Gasteiger partial charge in [-0.1, -0.05) is 18.2 Å². The van der Waals surface area contributed by atoms with Crippen LogP contribution in [0.5, 0.6) is 0 Å². The van der Waals surface area contributed by atoms with Gasteiger partial charge in [0.15, 0.2) is 6.10 Å². The van der Waals surface area contributed by atoms with E-state index in [2.05, 4.69) is 0 Å². The Hall–Kier alpha value is -1.91. The second kappa shape index (κ2) is 3.30. The molecule has 5 nitrogen and oxygen atoms in total. The molecular weight excluding hydrogens is 208 g/mol. The summed E-state index contributed by atoms with van der Waals surface area (Å²) in [6.45, 7) is 3.01. The van der Waals surface area contributed by atoms with Crippen LogP contribution < -0.4 is 0 Å². The van der Waals surface area contributed by atoms with E-state index in [9.17, 15) is 10.1 Å². The number of nitrogens with zero attached hydrogens (tertiary/aromatic N) is 1. The van der Waals surface area contributed by atoms with Gasteiger partial charge in [-0.05, 0) is 6.07 Å². The van der Waals surface area contributed by atoms with E-state index in [1.165, 1.54) is 13.8 Å². The monoisotopic (exact) mass is 220 g/mol. The third-order valence-corrected chi connectivity index (χ3v) is 2.84. The van der Waals surface area contributed by atoms with Gasteiger partial charge in [0, 0.05) is 29.9 Å². The van der Waals surface area contributed by atoms with Crippen LogP contribution in [0.1, 0.15) is 31.1 Å². The minimum atomic E-state index is -1.24. The number of benzene rings is 1. The molecule has 0 radical (unpaired) electrons. The summed E-state index contributed by atoms with van der Waals surface area (Å²) in [6, 6.07) is 7.10. The van der Waals surface area contributed by atoms with Crippen molar-refractivity contribution in [3.05, 3.63) is 45.5 Å². The molecular formula is C11H12N2O3. The molecule has 16 heavy (non-hydrogen) atoms. The number of rotatable bonds is 2. The van der Waals surface area contributed by atoms with Crippen LogP contribution in [0.25, 0.3) is 0 Å². The lowest BCUT2D eigenvalue weighted by molar-refractivity contribution is -0.573. The van der Waals surface area contributed by atoms with Crippen molar-refractivity contribution in [2.24, 2.45) is 0 Å². The molecule has 1 aromatic rings. The Labute approximate surface area is 92.7 Å². The van der Waals surface area contributed by atoms with E-state index in [1.807, 2.05) is 0 Å². The molecule has 1 aliphatic rings. The quantitative estimate of drug-likeness (QED) is 0.612. The van der Waals surface area contributed by atoms with Gasteiger partial charge < -0.3 is 4.74 Å². The number of hydrogen-bond donors (Lipinski definition) is 1. The Morgan fingerprint density at radius 1 is 1.44 bits per heavy atom. The molecule has 1 N–H and O–H groups in total. The molecule has 0 amide bonds. The fourth-order valence-corrected chi connectivity index (χ4v) is 1.80. The summed E-state index contributed by atoms with van der Waals surface area (Å²) < 4.78 is 5.30. The maximum absolute atomic E-state index is 11.0. The van der Waals surface area contributed by atoms with Gasteiger partial charge in [0.1, 0.15) is 0 Å². The van der Waals surface area contributed by atoms with Gasteiger partial charge in [-0.25, -0.2) is 0 Å². The van der Waals surface area contributed by atoms with Gasteiger partial charge in [-0.15, -0.1) is 0 Å². The predicted octanol–water partition coefficient (Wildman–Crippen LogP) is 2.14. The number of nitro groups is 1. The van der Waals surface area contributed by atoms with Crippen molar-refractivity contribution in [2.45, 2.75) is 25.5 Å². The van der Waals surface area contributed by atoms with E-state index >= 15 is 0 Å². The van der Waals surface area contributed by atoms with Gasteiger partial charge in [-0.2, -0.15) is 0 Å². The van der Waals surface area contributed by atoms with Crippen molar-refractivity contribution in [3.63, 3.8) is 0 Å². The van der Waals surface area contributed by atoms with Crippen LogP contribution in [0.4, 0.5) is 0 Å². The van der Waals surface area contributed by atoms with Gasteiger partial charge >= 0.3 is 0 Å². The minimum absolute atomic E-state index is 0.00975. The zero-order chi connectivity index (χ0) is 11.9. The first-order chi connectivity index (χ1) is 7.44. The number of hydrogen-bond acceptors (Lipinski definition) is 4. The molecule has 1 aliphatic heterocycles. The average molecular weight is 220 g/mol. The van der Waals surface area contributed by atoms with Gasteiger partial charge in [0.05, 0.1) is 0 Å². The number of ether oxygens (including phenoxy) is 1. The first kappa shape index (κ1) is 10.6. The molecule has 0 aliphatic carbocycles. The largest absolute Gasteiger partial charge is 0.462 e. The predicted molar refractivity (Wildman–Crippen MR) is 58.2 cm³/mol. The Bertz CT molecular complexity index is 468. The molecule has 1 heterocycles. The maximum Gasteiger partial charge on any atom is 0.257 e. The molecule has 0 saturated heterocycles. The highest BCUT2D eigenvalue weighted by Gasteiger charge is 2.48. The highest BCUT2D eigenvalue weighted by molar-refractivity contribution is 5.96. The summed E-state index contributed by atoms with van der Waals surface area (Å²) in [5.41, 5.74) is 0.121. The summed E-state index contributed by atoms with van der Waals surface area (Å²) in [7, 11) is 0. The fourth-order valence-electron chi connectivity index (χ4n) is 1.80. The second-order valence-electron chi connectivity index (χ2n) is 4.33. The van der Waals surface area contributed by atoms with Crippen LogP contribution in [0.3, 0.4) is 0 Å². The molecule has 0 spiro atoms. The molecule has 0 bridgehead atoms. The van der Waals surface area contributed by atoms with Crippen LogP contribution in [-0.4, -0.2) is 16.4 Å². The molecule has 0 aromatic heterocycles. The number of fused-ring (bicyclic) bond motifs is 1. The van der Waals surface area contributed by atoms with Crippen molar-refractivity contribution in [1.82, 2.24) is 0 Å². The van der Waals surface area contributed by atoms with Crippen molar-refractivity contribution in [1.29, 1.82) is 5.41 Å². The highest BCUT2D eigenvalue weighted by atomic mass is 16.6. The molecule has 1 atom stereocenters. The second-order valence-corrected chi connectivity index (χ2v) is 4.33. The van der Waals surface area contributed by atoms with Crippen molar-refractivity contribution < 1.29 is 9.66 Å². The van der Waals surface area contributed by atoms with E-state index in [1.54, 1.807) is 24.3 Å². The topological polar surface area (TPSA) is 76.2 Å². The van der Waals surface area contributed by atoms with E-state index in [-0.39, 0.29) is 10.8 Å². The standard InChI is InChI=1S/C11H12N2O3/c1-11(2,13(14)15)9-7-5-3-4-6-8(7)10(12)16-9/h3-6,9,12H,1-2H3. The van der Waals surface area contributed by atoms with Gasteiger partial charge in [0.25, 0.3) is 5.54 Å².